The molecule has 1 N–H and O–H groups in total. The van der Waals surface area contributed by atoms with Gasteiger partial charge in [0.05, 0.1) is 5.75 Å². The molecule has 7 heteroatoms. The van der Waals surface area contributed by atoms with E-state index < -0.39 is 0 Å². The van der Waals surface area contributed by atoms with Crippen molar-refractivity contribution >= 4 is 29.3 Å². The van der Waals surface area contributed by atoms with Gasteiger partial charge in [-0.2, -0.15) is 0 Å². The number of carbonyl (C=O) groups is 1. The summed E-state index contributed by atoms with van der Waals surface area (Å²) in [5.41, 5.74) is 3.10. The lowest BCUT2D eigenvalue weighted by atomic mass is 10.1. The first-order valence-electron chi connectivity index (χ1n) is 8.71. The van der Waals surface area contributed by atoms with Crippen molar-refractivity contribution in [1.82, 2.24) is 20.1 Å². The molecule has 3 aromatic rings. The van der Waals surface area contributed by atoms with Crippen LogP contribution in [0, 0.1) is 6.92 Å². The van der Waals surface area contributed by atoms with Gasteiger partial charge in [-0.15, -0.1) is 10.2 Å². The predicted molar refractivity (Wildman–Crippen MR) is 110 cm³/mol. The molecule has 3 rings (SSSR count). The Labute approximate surface area is 168 Å². The molecule has 1 aromatic heterocycles. The van der Waals surface area contributed by atoms with Crippen molar-refractivity contribution < 1.29 is 4.79 Å². The molecule has 0 radical (unpaired) electrons. The molecule has 2 aromatic carbocycles. The fourth-order valence-corrected chi connectivity index (χ4v) is 3.73. The molecule has 0 aliphatic carbocycles. The first-order valence-corrected chi connectivity index (χ1v) is 10.1. The Balaban J connectivity index is 1.62. The van der Waals surface area contributed by atoms with Crippen LogP contribution in [0.4, 0.5) is 0 Å². The van der Waals surface area contributed by atoms with Crippen LogP contribution in [0.1, 0.15) is 18.1 Å². The lowest BCUT2D eigenvalue weighted by Gasteiger charge is -2.09. The van der Waals surface area contributed by atoms with Gasteiger partial charge in [-0.1, -0.05) is 65.3 Å². The van der Waals surface area contributed by atoms with E-state index in [1.54, 1.807) is 0 Å². The van der Waals surface area contributed by atoms with Gasteiger partial charge >= 0.3 is 0 Å². The summed E-state index contributed by atoms with van der Waals surface area (Å²) in [5, 5.41) is 12.9. The monoisotopic (exact) mass is 400 g/mol. The van der Waals surface area contributed by atoms with Crippen LogP contribution < -0.4 is 5.32 Å². The number of nitrogens with zero attached hydrogens (tertiary/aromatic N) is 3. The topological polar surface area (TPSA) is 59.8 Å². The van der Waals surface area contributed by atoms with Gasteiger partial charge in [0.15, 0.2) is 11.0 Å². The van der Waals surface area contributed by atoms with Gasteiger partial charge in [0.1, 0.15) is 0 Å². The van der Waals surface area contributed by atoms with E-state index in [2.05, 4.69) is 34.6 Å². The van der Waals surface area contributed by atoms with Crippen molar-refractivity contribution in [2.24, 2.45) is 0 Å². The second kappa shape index (κ2) is 9.06. The molecule has 1 heterocycles. The Morgan fingerprint density at radius 3 is 2.74 bits per heavy atom. The first-order chi connectivity index (χ1) is 13.1. The fraction of sp³-hybridized carbons (Fsp3) is 0.250. The number of thioether (sulfide) groups is 1. The van der Waals surface area contributed by atoms with Crippen molar-refractivity contribution in [3.8, 4) is 11.4 Å². The number of rotatable bonds is 7. The summed E-state index contributed by atoms with van der Waals surface area (Å²) in [6.45, 7) is 5.24. The van der Waals surface area contributed by atoms with Gasteiger partial charge in [0.25, 0.3) is 0 Å². The maximum absolute atomic E-state index is 12.2. The average Bonchev–Trinajstić information content (AvgIpc) is 3.08. The van der Waals surface area contributed by atoms with Crippen LogP contribution >= 0.6 is 23.4 Å². The molecule has 0 atom stereocenters. The van der Waals surface area contributed by atoms with Crippen LogP contribution in [0.3, 0.4) is 0 Å². The summed E-state index contributed by atoms with van der Waals surface area (Å²) >= 11 is 7.50. The van der Waals surface area contributed by atoms with Crippen LogP contribution in [-0.2, 0) is 17.9 Å². The summed E-state index contributed by atoms with van der Waals surface area (Å²) in [5.74, 6) is 1.03. The number of aryl methyl sites for hydroxylation is 1. The molecule has 0 fully saturated rings. The molecule has 0 saturated heterocycles. The molecule has 0 aliphatic rings. The van der Waals surface area contributed by atoms with E-state index in [1.165, 1.54) is 17.3 Å². The molecule has 5 nitrogen and oxygen atoms in total. The number of hydrogen-bond acceptors (Lipinski definition) is 4. The van der Waals surface area contributed by atoms with Gasteiger partial charge in [-0.25, -0.2) is 0 Å². The number of carbonyl (C=O) groups excluding carboxylic acids is 1. The van der Waals surface area contributed by atoms with E-state index in [0.29, 0.717) is 11.6 Å². The maximum atomic E-state index is 12.2. The molecule has 1 amide bonds. The molecule has 140 valence electrons. The number of aromatic nitrogens is 3. The van der Waals surface area contributed by atoms with Crippen molar-refractivity contribution in [2.75, 3.05) is 5.75 Å². The highest BCUT2D eigenvalue weighted by Gasteiger charge is 2.14. The van der Waals surface area contributed by atoms with Crippen molar-refractivity contribution in [3.05, 3.63) is 64.7 Å². The number of nitrogens with one attached hydrogen (secondary N) is 1. The average molecular weight is 401 g/mol. The zero-order valence-electron chi connectivity index (χ0n) is 15.3. The predicted octanol–water partition coefficient (Wildman–Crippen LogP) is 4.34. The summed E-state index contributed by atoms with van der Waals surface area (Å²) < 4.78 is 2.03. The van der Waals surface area contributed by atoms with E-state index in [1.807, 2.05) is 47.9 Å². The molecule has 0 spiro atoms. The Kier molecular flexibility index (Phi) is 6.53. The number of amides is 1. The third-order valence-corrected chi connectivity index (χ3v) is 5.41. The highest BCUT2D eigenvalue weighted by atomic mass is 35.5. The quantitative estimate of drug-likeness (QED) is 0.599. The van der Waals surface area contributed by atoms with Crippen LogP contribution in [0.15, 0.2) is 53.7 Å². The number of benzene rings is 2. The van der Waals surface area contributed by atoms with Crippen LogP contribution in [-0.4, -0.2) is 26.4 Å². The Morgan fingerprint density at radius 1 is 1.19 bits per heavy atom. The van der Waals surface area contributed by atoms with Gasteiger partial charge in [0, 0.05) is 23.7 Å². The molecular weight excluding hydrogens is 380 g/mol. The number of hydrogen-bond donors (Lipinski definition) is 1. The SMILES string of the molecule is CCn1c(SCC(=O)NCc2ccccc2Cl)nnc1-c1cccc(C)c1. The lowest BCUT2D eigenvalue weighted by molar-refractivity contribution is -0.118. The second-order valence-electron chi connectivity index (χ2n) is 6.08. The molecular formula is C20H21ClN4OS. The van der Waals surface area contributed by atoms with Gasteiger partial charge in [-0.3, -0.25) is 4.79 Å². The van der Waals surface area contributed by atoms with Gasteiger partial charge < -0.3 is 9.88 Å². The van der Waals surface area contributed by atoms with Crippen molar-refractivity contribution in [2.45, 2.75) is 32.1 Å². The van der Waals surface area contributed by atoms with Gasteiger partial charge in [-0.05, 0) is 31.5 Å². The minimum Gasteiger partial charge on any atom is -0.351 e. The molecule has 0 saturated carbocycles. The van der Waals surface area contributed by atoms with E-state index in [9.17, 15) is 4.79 Å². The van der Waals surface area contributed by atoms with Crippen LogP contribution in [0.25, 0.3) is 11.4 Å². The third kappa shape index (κ3) is 4.90. The molecule has 0 aliphatic heterocycles. The zero-order valence-corrected chi connectivity index (χ0v) is 16.8. The van der Waals surface area contributed by atoms with E-state index in [4.69, 9.17) is 11.6 Å². The van der Waals surface area contributed by atoms with Crippen LogP contribution in [0.5, 0.6) is 0 Å². The first kappa shape index (κ1) is 19.5. The molecule has 0 bridgehead atoms. The van der Waals surface area contributed by atoms with E-state index >= 15 is 0 Å². The highest BCUT2D eigenvalue weighted by Crippen LogP contribution is 2.24. The third-order valence-electron chi connectivity index (χ3n) is 4.08. The van der Waals surface area contributed by atoms with E-state index in [0.717, 1.165) is 28.7 Å². The summed E-state index contributed by atoms with van der Waals surface area (Å²) in [6.07, 6.45) is 0. The smallest absolute Gasteiger partial charge is 0.230 e. The minimum absolute atomic E-state index is 0.0670. The highest BCUT2D eigenvalue weighted by molar-refractivity contribution is 7.99. The molecule has 0 unspecified atom stereocenters. The minimum atomic E-state index is -0.0670. The number of halogens is 1. The summed E-state index contributed by atoms with van der Waals surface area (Å²) in [6, 6.07) is 15.6. The van der Waals surface area contributed by atoms with Crippen molar-refractivity contribution in [1.29, 1.82) is 0 Å². The van der Waals surface area contributed by atoms with Crippen LogP contribution in [0.2, 0.25) is 5.02 Å². The Bertz CT molecular complexity index is 941. The Morgan fingerprint density at radius 2 is 2.00 bits per heavy atom. The lowest BCUT2D eigenvalue weighted by Crippen LogP contribution is -2.24. The standard InChI is InChI=1S/C20H21ClN4OS/c1-3-25-19(15-9-6-7-14(2)11-15)23-24-20(25)27-13-18(26)22-12-16-8-4-5-10-17(16)21/h4-11H,3,12-13H2,1-2H3,(H,22,26). The van der Waals surface area contributed by atoms with Gasteiger partial charge in [0.2, 0.25) is 5.91 Å². The van der Waals surface area contributed by atoms with Crippen molar-refractivity contribution in [3.63, 3.8) is 0 Å². The summed E-state index contributed by atoms with van der Waals surface area (Å²) in [7, 11) is 0. The largest absolute Gasteiger partial charge is 0.351 e. The zero-order chi connectivity index (χ0) is 19.2. The fourth-order valence-electron chi connectivity index (χ4n) is 2.69. The maximum Gasteiger partial charge on any atom is 0.230 e. The Hall–Kier alpha value is -2.31. The second-order valence-corrected chi connectivity index (χ2v) is 7.43. The summed E-state index contributed by atoms with van der Waals surface area (Å²) in [4.78, 5) is 12.2. The normalized spacial score (nSPS) is 10.8. The molecule has 27 heavy (non-hydrogen) atoms. The van der Waals surface area contributed by atoms with E-state index in [-0.39, 0.29) is 11.7 Å².